The molecule has 1 heterocycles. The van der Waals surface area contributed by atoms with E-state index in [1.165, 1.54) is 11.3 Å². The van der Waals surface area contributed by atoms with Crippen LogP contribution in [-0.4, -0.2) is 30.3 Å². The molecule has 0 aliphatic heterocycles. The van der Waals surface area contributed by atoms with Gasteiger partial charge in [0.1, 0.15) is 11.5 Å². The molecule has 3 aromatic rings. The summed E-state index contributed by atoms with van der Waals surface area (Å²) in [7, 11) is 3.21. The van der Waals surface area contributed by atoms with Crippen LogP contribution in [0.15, 0.2) is 47.8 Å². The van der Waals surface area contributed by atoms with Crippen LogP contribution < -0.4 is 14.8 Å². The van der Waals surface area contributed by atoms with Gasteiger partial charge in [-0.2, -0.15) is 0 Å². The van der Waals surface area contributed by atoms with Crippen LogP contribution in [0.2, 0.25) is 0 Å². The smallest absolute Gasteiger partial charge is 0.335 e. The van der Waals surface area contributed by atoms with Gasteiger partial charge in [-0.1, -0.05) is 0 Å². The Bertz CT molecular complexity index is 890. The Kier molecular flexibility index (Phi) is 4.85. The number of thiazole rings is 1. The van der Waals surface area contributed by atoms with Gasteiger partial charge in [0.15, 0.2) is 5.13 Å². The molecule has 128 valence electrons. The van der Waals surface area contributed by atoms with Gasteiger partial charge in [0.2, 0.25) is 0 Å². The van der Waals surface area contributed by atoms with Crippen molar-refractivity contribution in [3.05, 3.63) is 53.4 Å². The Balaban J connectivity index is 1.82. The monoisotopic (exact) mass is 356 g/mol. The number of aromatic carboxylic acids is 1. The number of benzene rings is 2. The highest BCUT2D eigenvalue weighted by atomic mass is 32.1. The van der Waals surface area contributed by atoms with Crippen molar-refractivity contribution in [3.8, 4) is 22.8 Å². The highest BCUT2D eigenvalue weighted by Gasteiger charge is 2.11. The van der Waals surface area contributed by atoms with Crippen LogP contribution in [0.1, 0.15) is 10.4 Å². The van der Waals surface area contributed by atoms with Gasteiger partial charge in [0.25, 0.3) is 0 Å². The summed E-state index contributed by atoms with van der Waals surface area (Å²) in [6, 6.07) is 12.1. The van der Waals surface area contributed by atoms with Gasteiger partial charge >= 0.3 is 5.97 Å². The van der Waals surface area contributed by atoms with Crippen molar-refractivity contribution in [1.29, 1.82) is 0 Å². The minimum atomic E-state index is -0.949. The molecule has 6 nitrogen and oxygen atoms in total. The summed E-state index contributed by atoms with van der Waals surface area (Å²) in [5.41, 5.74) is 2.67. The van der Waals surface area contributed by atoms with Crippen LogP contribution >= 0.6 is 11.3 Å². The number of rotatable bonds is 6. The number of hydrogen-bond acceptors (Lipinski definition) is 6. The van der Waals surface area contributed by atoms with Crippen LogP contribution in [0, 0.1) is 0 Å². The maximum atomic E-state index is 10.9. The van der Waals surface area contributed by atoms with E-state index >= 15 is 0 Å². The number of ether oxygens (including phenoxy) is 2. The van der Waals surface area contributed by atoms with Gasteiger partial charge in [-0.05, 0) is 36.4 Å². The highest BCUT2D eigenvalue weighted by Crippen LogP contribution is 2.35. The third-order valence-corrected chi connectivity index (χ3v) is 4.33. The lowest BCUT2D eigenvalue weighted by Crippen LogP contribution is -1.96. The number of hydrogen-bond donors (Lipinski definition) is 2. The summed E-state index contributed by atoms with van der Waals surface area (Å²) >= 11 is 1.45. The second kappa shape index (κ2) is 7.23. The molecule has 0 fully saturated rings. The molecular weight excluding hydrogens is 340 g/mol. The van der Waals surface area contributed by atoms with E-state index in [4.69, 9.17) is 14.6 Å². The molecule has 0 saturated heterocycles. The highest BCUT2D eigenvalue weighted by molar-refractivity contribution is 7.14. The molecule has 0 bridgehead atoms. The van der Waals surface area contributed by atoms with Crippen molar-refractivity contribution in [2.45, 2.75) is 0 Å². The minimum Gasteiger partial charge on any atom is -0.497 e. The van der Waals surface area contributed by atoms with Gasteiger partial charge in [-0.25, -0.2) is 9.78 Å². The quantitative estimate of drug-likeness (QED) is 0.686. The van der Waals surface area contributed by atoms with E-state index in [2.05, 4.69) is 10.3 Å². The van der Waals surface area contributed by atoms with Crippen molar-refractivity contribution in [1.82, 2.24) is 4.98 Å². The first-order valence-corrected chi connectivity index (χ1v) is 8.27. The summed E-state index contributed by atoms with van der Waals surface area (Å²) in [6.45, 7) is 0. The zero-order valence-corrected chi connectivity index (χ0v) is 14.5. The van der Waals surface area contributed by atoms with E-state index in [1.54, 1.807) is 38.5 Å². The van der Waals surface area contributed by atoms with Crippen LogP contribution in [0.3, 0.4) is 0 Å². The van der Waals surface area contributed by atoms with Crippen molar-refractivity contribution in [2.24, 2.45) is 0 Å². The molecule has 25 heavy (non-hydrogen) atoms. The lowest BCUT2D eigenvalue weighted by atomic mass is 10.1. The standard InChI is InChI=1S/C18H16N2O4S/c1-23-13-7-8-14(16(9-13)24-2)15-10-25-18(20-15)19-12-5-3-11(4-6-12)17(21)22/h3-10H,1-2H3,(H,19,20)(H,21,22). The SMILES string of the molecule is COc1ccc(-c2csc(Nc3ccc(C(=O)O)cc3)n2)c(OC)c1. The molecule has 2 aromatic carbocycles. The van der Waals surface area contributed by atoms with Crippen molar-refractivity contribution in [2.75, 3.05) is 19.5 Å². The Morgan fingerprint density at radius 2 is 1.88 bits per heavy atom. The fourth-order valence-corrected chi connectivity index (χ4v) is 3.02. The Labute approximate surface area is 148 Å². The average Bonchev–Trinajstić information content (AvgIpc) is 3.09. The maximum absolute atomic E-state index is 10.9. The van der Waals surface area contributed by atoms with Gasteiger partial charge < -0.3 is 19.9 Å². The molecule has 7 heteroatoms. The number of carboxylic acid groups (broad SMARTS) is 1. The van der Waals surface area contributed by atoms with Crippen LogP contribution in [-0.2, 0) is 0 Å². The second-order valence-electron chi connectivity index (χ2n) is 5.11. The maximum Gasteiger partial charge on any atom is 0.335 e. The van der Waals surface area contributed by atoms with E-state index in [9.17, 15) is 4.79 Å². The number of carbonyl (C=O) groups is 1. The van der Waals surface area contributed by atoms with Crippen LogP contribution in [0.5, 0.6) is 11.5 Å². The molecule has 0 atom stereocenters. The lowest BCUT2D eigenvalue weighted by Gasteiger charge is -2.08. The minimum absolute atomic E-state index is 0.244. The normalized spacial score (nSPS) is 10.3. The molecule has 3 rings (SSSR count). The predicted molar refractivity (Wildman–Crippen MR) is 97.3 cm³/mol. The predicted octanol–water partition coefficient (Wildman–Crippen LogP) is 4.27. The summed E-state index contributed by atoms with van der Waals surface area (Å²) < 4.78 is 10.6. The molecule has 1 aromatic heterocycles. The Morgan fingerprint density at radius 1 is 1.12 bits per heavy atom. The number of nitrogens with zero attached hydrogens (tertiary/aromatic N) is 1. The molecule has 0 radical (unpaired) electrons. The fraction of sp³-hybridized carbons (Fsp3) is 0.111. The third kappa shape index (κ3) is 3.72. The van der Waals surface area contributed by atoms with Crippen LogP contribution in [0.25, 0.3) is 11.3 Å². The summed E-state index contributed by atoms with van der Waals surface area (Å²) in [5.74, 6) is 0.449. The number of aromatic nitrogens is 1. The summed E-state index contributed by atoms with van der Waals surface area (Å²) in [4.78, 5) is 15.5. The first-order chi connectivity index (χ1) is 12.1. The second-order valence-corrected chi connectivity index (χ2v) is 5.97. The lowest BCUT2D eigenvalue weighted by molar-refractivity contribution is 0.0697. The largest absolute Gasteiger partial charge is 0.497 e. The zero-order chi connectivity index (χ0) is 17.8. The van der Waals surface area contributed by atoms with E-state index < -0.39 is 5.97 Å². The molecule has 0 saturated carbocycles. The van der Waals surface area contributed by atoms with Crippen molar-refractivity contribution in [3.63, 3.8) is 0 Å². The summed E-state index contributed by atoms with van der Waals surface area (Å²) in [5, 5.41) is 14.7. The molecule has 0 aliphatic carbocycles. The third-order valence-electron chi connectivity index (χ3n) is 3.57. The van der Waals surface area contributed by atoms with Gasteiger partial charge in [-0.3, -0.25) is 0 Å². The Morgan fingerprint density at radius 3 is 2.52 bits per heavy atom. The number of nitrogens with one attached hydrogen (secondary N) is 1. The van der Waals surface area contributed by atoms with Crippen molar-refractivity contribution < 1.29 is 19.4 Å². The van der Waals surface area contributed by atoms with Crippen molar-refractivity contribution >= 4 is 28.1 Å². The molecular formula is C18H16N2O4S. The number of anilines is 2. The molecule has 2 N–H and O–H groups in total. The first kappa shape index (κ1) is 16.8. The molecule has 0 unspecified atom stereocenters. The summed E-state index contributed by atoms with van der Waals surface area (Å²) in [6.07, 6.45) is 0. The van der Waals surface area contributed by atoms with E-state index in [0.29, 0.717) is 16.6 Å². The van der Waals surface area contributed by atoms with E-state index in [1.807, 2.05) is 23.6 Å². The van der Waals surface area contributed by atoms with Gasteiger partial charge in [-0.15, -0.1) is 11.3 Å². The van der Waals surface area contributed by atoms with Crippen LogP contribution in [0.4, 0.5) is 10.8 Å². The molecule has 0 amide bonds. The number of carboxylic acids is 1. The zero-order valence-electron chi connectivity index (χ0n) is 13.6. The molecule has 0 spiro atoms. The van der Waals surface area contributed by atoms with Gasteiger partial charge in [0.05, 0.1) is 25.5 Å². The number of methoxy groups -OCH3 is 2. The fourth-order valence-electron chi connectivity index (χ4n) is 2.28. The van der Waals surface area contributed by atoms with Gasteiger partial charge in [0, 0.05) is 22.7 Å². The van der Waals surface area contributed by atoms with E-state index in [0.717, 1.165) is 16.9 Å². The first-order valence-electron chi connectivity index (χ1n) is 7.39. The topological polar surface area (TPSA) is 80.7 Å². The molecule has 0 aliphatic rings. The Hall–Kier alpha value is -3.06. The van der Waals surface area contributed by atoms with E-state index in [-0.39, 0.29) is 5.56 Å². The average molecular weight is 356 g/mol.